The molecule has 0 saturated carbocycles. The van der Waals surface area contributed by atoms with Crippen LogP contribution in [-0.4, -0.2) is 64.6 Å². The summed E-state index contributed by atoms with van der Waals surface area (Å²) in [6.45, 7) is 3.61. The van der Waals surface area contributed by atoms with Gasteiger partial charge in [0.25, 0.3) is 5.91 Å². The molecular weight excluding hydrogens is 436 g/mol. The van der Waals surface area contributed by atoms with Crippen molar-refractivity contribution in [2.75, 3.05) is 48.0 Å². The molecule has 2 aromatic rings. The number of methoxy groups -OCH3 is 2. The highest BCUT2D eigenvalue weighted by Crippen LogP contribution is 2.40. The Morgan fingerprint density at radius 1 is 1.03 bits per heavy atom. The van der Waals surface area contributed by atoms with Gasteiger partial charge in [0, 0.05) is 18.5 Å². The number of nitrogens with zero attached hydrogens (tertiary/aromatic N) is 1. The molecule has 0 aromatic heterocycles. The van der Waals surface area contributed by atoms with E-state index in [4.69, 9.17) is 14.2 Å². The van der Waals surface area contributed by atoms with Gasteiger partial charge >= 0.3 is 0 Å². The SMILES string of the molecule is CCOc1ccc(C2/C(=C(\[O-])c3ccc(OC)c(OC)c3)C(=O)C(=O)N2CCC[NH+](C)C)cc1. The number of ketones is 1. The summed E-state index contributed by atoms with van der Waals surface area (Å²) in [5.74, 6) is -0.411. The zero-order valence-corrected chi connectivity index (χ0v) is 20.3. The zero-order chi connectivity index (χ0) is 24.8. The van der Waals surface area contributed by atoms with Crippen LogP contribution in [-0.2, 0) is 9.59 Å². The second-order valence-electron chi connectivity index (χ2n) is 8.36. The third kappa shape index (κ3) is 5.17. The van der Waals surface area contributed by atoms with E-state index in [1.54, 1.807) is 36.4 Å². The Morgan fingerprint density at radius 3 is 2.29 bits per heavy atom. The third-order valence-corrected chi connectivity index (χ3v) is 5.76. The summed E-state index contributed by atoms with van der Waals surface area (Å²) in [4.78, 5) is 28.9. The van der Waals surface area contributed by atoms with Crippen LogP contribution >= 0.6 is 0 Å². The monoisotopic (exact) mass is 468 g/mol. The van der Waals surface area contributed by atoms with E-state index >= 15 is 0 Å². The summed E-state index contributed by atoms with van der Waals surface area (Å²) in [6.07, 6.45) is 0.701. The minimum Gasteiger partial charge on any atom is -0.872 e. The molecule has 0 spiro atoms. The van der Waals surface area contributed by atoms with E-state index in [-0.39, 0.29) is 11.1 Å². The van der Waals surface area contributed by atoms with Gasteiger partial charge in [-0.1, -0.05) is 24.0 Å². The van der Waals surface area contributed by atoms with Gasteiger partial charge in [0.05, 0.1) is 47.5 Å². The highest BCUT2D eigenvalue weighted by molar-refractivity contribution is 6.46. The number of hydrogen-bond donors (Lipinski definition) is 1. The summed E-state index contributed by atoms with van der Waals surface area (Å²) in [6, 6.07) is 11.1. The lowest BCUT2D eigenvalue weighted by Crippen LogP contribution is -3.05. The molecule has 182 valence electrons. The number of carbonyl (C=O) groups excluding carboxylic acids is 2. The Hall–Kier alpha value is -3.52. The molecule has 1 fully saturated rings. The molecule has 1 unspecified atom stereocenters. The smallest absolute Gasteiger partial charge is 0.295 e. The van der Waals surface area contributed by atoms with Gasteiger partial charge in [-0.2, -0.15) is 0 Å². The largest absolute Gasteiger partial charge is 0.872 e. The first-order chi connectivity index (χ1) is 16.3. The van der Waals surface area contributed by atoms with E-state index < -0.39 is 23.5 Å². The highest BCUT2D eigenvalue weighted by Gasteiger charge is 2.44. The fourth-order valence-electron chi connectivity index (χ4n) is 4.10. The van der Waals surface area contributed by atoms with Crippen molar-refractivity contribution in [3.05, 3.63) is 59.2 Å². The molecule has 8 nitrogen and oxygen atoms in total. The second kappa shape index (κ2) is 11.1. The van der Waals surface area contributed by atoms with Crippen molar-refractivity contribution in [1.29, 1.82) is 0 Å². The quantitative estimate of drug-likeness (QED) is 0.316. The molecule has 1 atom stereocenters. The zero-order valence-electron chi connectivity index (χ0n) is 20.3. The van der Waals surface area contributed by atoms with Gasteiger partial charge in [-0.3, -0.25) is 9.59 Å². The molecule has 0 aliphatic carbocycles. The van der Waals surface area contributed by atoms with E-state index in [0.29, 0.717) is 42.4 Å². The van der Waals surface area contributed by atoms with Crippen LogP contribution in [0.1, 0.15) is 30.5 Å². The number of nitrogens with one attached hydrogen (secondary N) is 1. The number of amides is 1. The molecule has 34 heavy (non-hydrogen) atoms. The molecule has 1 saturated heterocycles. The molecule has 0 bridgehead atoms. The fraction of sp³-hybridized carbons (Fsp3) is 0.385. The lowest BCUT2D eigenvalue weighted by molar-refractivity contribution is -0.858. The van der Waals surface area contributed by atoms with Crippen LogP contribution in [0.3, 0.4) is 0 Å². The summed E-state index contributed by atoms with van der Waals surface area (Å²) in [7, 11) is 7.03. The normalized spacial score (nSPS) is 17.4. The number of carbonyl (C=O) groups is 2. The van der Waals surface area contributed by atoms with Crippen LogP contribution in [0.5, 0.6) is 17.2 Å². The van der Waals surface area contributed by atoms with Gasteiger partial charge < -0.3 is 29.1 Å². The summed E-state index contributed by atoms with van der Waals surface area (Å²) < 4.78 is 16.1. The summed E-state index contributed by atoms with van der Waals surface area (Å²) in [5.41, 5.74) is 0.881. The van der Waals surface area contributed by atoms with Gasteiger partial charge in [-0.15, -0.1) is 0 Å². The number of hydrogen-bond acceptors (Lipinski definition) is 6. The minimum absolute atomic E-state index is 0.0569. The summed E-state index contributed by atoms with van der Waals surface area (Å²) in [5, 5.41) is 13.6. The first-order valence-corrected chi connectivity index (χ1v) is 11.3. The molecule has 1 heterocycles. The van der Waals surface area contributed by atoms with Crippen LogP contribution in [0.25, 0.3) is 5.76 Å². The van der Waals surface area contributed by atoms with E-state index in [9.17, 15) is 14.7 Å². The maximum absolute atomic E-state index is 13.6. The molecule has 1 N–H and O–H groups in total. The van der Waals surface area contributed by atoms with E-state index in [1.165, 1.54) is 30.1 Å². The minimum atomic E-state index is -0.770. The maximum atomic E-state index is 13.6. The average Bonchev–Trinajstić information content (AvgIpc) is 3.08. The van der Waals surface area contributed by atoms with Crippen LogP contribution in [0.15, 0.2) is 48.0 Å². The average molecular weight is 469 g/mol. The number of rotatable bonds is 10. The van der Waals surface area contributed by atoms with E-state index in [0.717, 1.165) is 6.54 Å². The molecule has 3 rings (SSSR count). The standard InChI is InChI=1S/C26H32N2O6/c1-6-34-19-11-8-17(9-12-19)23-22(25(30)26(31)28(23)15-7-14-27(2)3)24(29)18-10-13-20(32-4)21(16-18)33-5/h8-13,16,23,29H,6-7,14-15H2,1-5H3/b24-22+. The van der Waals surface area contributed by atoms with Gasteiger partial charge in [-0.05, 0) is 42.3 Å². The predicted molar refractivity (Wildman–Crippen MR) is 126 cm³/mol. The van der Waals surface area contributed by atoms with Crippen molar-refractivity contribution in [1.82, 2.24) is 4.90 Å². The summed E-state index contributed by atoms with van der Waals surface area (Å²) >= 11 is 0. The van der Waals surface area contributed by atoms with Gasteiger partial charge in [0.15, 0.2) is 11.5 Å². The lowest BCUT2D eigenvalue weighted by atomic mass is 9.95. The Bertz CT molecular complexity index is 1060. The molecule has 8 heteroatoms. The lowest BCUT2D eigenvalue weighted by Gasteiger charge is -2.28. The number of likely N-dealkylation sites (tertiary alicyclic amines) is 1. The molecule has 1 aliphatic heterocycles. The highest BCUT2D eigenvalue weighted by atomic mass is 16.5. The number of ether oxygens (including phenoxy) is 3. The number of benzene rings is 2. The van der Waals surface area contributed by atoms with Crippen LogP contribution in [0, 0.1) is 0 Å². The van der Waals surface area contributed by atoms with Gasteiger partial charge in [-0.25, -0.2) is 0 Å². The topological polar surface area (TPSA) is 92.6 Å². The molecule has 1 aliphatic rings. The van der Waals surface area contributed by atoms with Gasteiger partial charge in [0.2, 0.25) is 5.78 Å². The van der Waals surface area contributed by atoms with Crippen molar-refractivity contribution in [2.24, 2.45) is 0 Å². The Kier molecular flexibility index (Phi) is 8.17. The van der Waals surface area contributed by atoms with Crippen molar-refractivity contribution in [3.8, 4) is 17.2 Å². The maximum Gasteiger partial charge on any atom is 0.295 e. The first kappa shape index (κ1) is 25.1. The Labute approximate surface area is 200 Å². The number of Topliss-reactive ketones (excluding diaryl/α,β-unsaturated/α-hetero) is 1. The number of quaternary nitrogens is 1. The molecule has 2 aromatic carbocycles. The third-order valence-electron chi connectivity index (χ3n) is 5.76. The van der Waals surface area contributed by atoms with Crippen molar-refractivity contribution in [3.63, 3.8) is 0 Å². The predicted octanol–water partition coefficient (Wildman–Crippen LogP) is 0.861. The molecular formula is C26H32N2O6. The van der Waals surface area contributed by atoms with E-state index in [1.807, 2.05) is 21.0 Å². The van der Waals surface area contributed by atoms with Crippen LogP contribution < -0.4 is 24.2 Å². The second-order valence-corrected chi connectivity index (χ2v) is 8.36. The van der Waals surface area contributed by atoms with Gasteiger partial charge in [0.1, 0.15) is 5.75 Å². The fourth-order valence-corrected chi connectivity index (χ4v) is 4.10. The van der Waals surface area contributed by atoms with Crippen molar-refractivity contribution >= 4 is 17.4 Å². The molecule has 0 radical (unpaired) electrons. The van der Waals surface area contributed by atoms with Crippen LogP contribution in [0.2, 0.25) is 0 Å². The van der Waals surface area contributed by atoms with Crippen molar-refractivity contribution < 1.29 is 33.8 Å². The van der Waals surface area contributed by atoms with E-state index in [2.05, 4.69) is 0 Å². The Morgan fingerprint density at radius 2 is 1.71 bits per heavy atom. The molecule has 1 amide bonds. The first-order valence-electron chi connectivity index (χ1n) is 11.3. The Balaban J connectivity index is 2.10. The van der Waals surface area contributed by atoms with Crippen LogP contribution in [0.4, 0.5) is 0 Å². The van der Waals surface area contributed by atoms with Crippen molar-refractivity contribution in [2.45, 2.75) is 19.4 Å².